The van der Waals surface area contributed by atoms with E-state index in [-0.39, 0.29) is 0 Å². The summed E-state index contributed by atoms with van der Waals surface area (Å²) in [6.45, 7) is 3.64. The molecule has 1 aromatic rings. The molecule has 0 aliphatic carbocycles. The van der Waals surface area contributed by atoms with Crippen molar-refractivity contribution in [3.63, 3.8) is 0 Å². The number of halogens is 4. The Labute approximate surface area is 127 Å². The summed E-state index contributed by atoms with van der Waals surface area (Å²) in [5.74, 6) is 0.835. The van der Waals surface area contributed by atoms with Crippen LogP contribution in [-0.4, -0.2) is 26.1 Å². The zero-order valence-electron chi connectivity index (χ0n) is 12.0. The third-order valence-corrected chi connectivity index (χ3v) is 2.77. The van der Waals surface area contributed by atoms with Crippen LogP contribution in [0.25, 0.3) is 0 Å². The molecular formula is C14H19ClF3NO2. The Kier molecular flexibility index (Phi) is 7.28. The largest absolute Gasteiger partial charge is 0.466 e. The van der Waals surface area contributed by atoms with Crippen molar-refractivity contribution in [3.8, 4) is 5.75 Å². The molecule has 0 bridgehead atoms. The lowest BCUT2D eigenvalue weighted by Crippen LogP contribution is -2.21. The van der Waals surface area contributed by atoms with Crippen molar-refractivity contribution in [1.29, 1.82) is 0 Å². The minimum Gasteiger partial charge on any atom is -0.466 e. The molecule has 1 rings (SSSR count). The third kappa shape index (κ3) is 7.55. The molecule has 21 heavy (non-hydrogen) atoms. The zero-order valence-corrected chi connectivity index (χ0v) is 12.7. The summed E-state index contributed by atoms with van der Waals surface area (Å²) in [6.07, 6.45) is -4.37. The van der Waals surface area contributed by atoms with Crippen molar-refractivity contribution in [2.45, 2.75) is 26.6 Å². The summed E-state index contributed by atoms with van der Waals surface area (Å²) >= 11 is 6.01. The first-order valence-corrected chi connectivity index (χ1v) is 6.93. The maximum Gasteiger partial charge on any atom is 0.411 e. The van der Waals surface area contributed by atoms with Crippen LogP contribution in [0, 0.1) is 5.92 Å². The summed E-state index contributed by atoms with van der Waals surface area (Å²) in [7, 11) is 0. The lowest BCUT2D eigenvalue weighted by molar-refractivity contribution is -0.186. The van der Waals surface area contributed by atoms with Crippen LogP contribution in [0.3, 0.4) is 0 Å². The predicted octanol–water partition coefficient (Wildman–Crippen LogP) is 4.00. The van der Waals surface area contributed by atoms with Gasteiger partial charge in [0, 0.05) is 12.1 Å². The fraction of sp³-hybridized carbons (Fsp3) is 0.571. The Morgan fingerprint density at radius 2 is 2.00 bits per heavy atom. The highest BCUT2D eigenvalue weighted by atomic mass is 35.5. The maximum absolute atomic E-state index is 12.0. The van der Waals surface area contributed by atoms with E-state index >= 15 is 0 Å². The van der Waals surface area contributed by atoms with Crippen LogP contribution < -0.4 is 10.1 Å². The van der Waals surface area contributed by atoms with Crippen molar-refractivity contribution >= 4 is 11.6 Å². The van der Waals surface area contributed by atoms with E-state index < -0.39 is 19.6 Å². The minimum absolute atomic E-state index is 0.342. The van der Waals surface area contributed by atoms with Crippen LogP contribution in [0.1, 0.15) is 19.4 Å². The van der Waals surface area contributed by atoms with Gasteiger partial charge in [-0.15, -0.1) is 0 Å². The van der Waals surface area contributed by atoms with Gasteiger partial charge in [-0.2, -0.15) is 13.2 Å². The molecule has 0 saturated carbocycles. The van der Waals surface area contributed by atoms with E-state index in [1.54, 1.807) is 18.2 Å². The van der Waals surface area contributed by atoms with E-state index in [0.29, 0.717) is 23.2 Å². The van der Waals surface area contributed by atoms with Gasteiger partial charge < -0.3 is 14.8 Å². The summed E-state index contributed by atoms with van der Waals surface area (Å²) < 4.78 is 45.6. The van der Waals surface area contributed by atoms with Gasteiger partial charge in [0.2, 0.25) is 0 Å². The molecule has 0 amide bonds. The van der Waals surface area contributed by atoms with Crippen LogP contribution in [0.5, 0.6) is 5.75 Å². The van der Waals surface area contributed by atoms with Gasteiger partial charge in [-0.3, -0.25) is 0 Å². The Bertz CT molecular complexity index is 439. The smallest absolute Gasteiger partial charge is 0.411 e. The topological polar surface area (TPSA) is 30.5 Å². The Morgan fingerprint density at radius 3 is 2.62 bits per heavy atom. The molecule has 0 radical (unpaired) electrons. The Balaban J connectivity index is 2.55. The number of rotatable bonds is 8. The number of alkyl halides is 3. The number of benzene rings is 1. The van der Waals surface area contributed by atoms with Crippen molar-refractivity contribution in [1.82, 2.24) is 5.32 Å². The molecule has 0 unspecified atom stereocenters. The number of nitrogens with one attached hydrogen (secondary N) is 1. The standard InChI is InChI=1S/C14H19ClF3NO2/c1-10(2)6-19-7-11-4-3-5-12(15)13(11)21-9-20-8-14(16,17)18/h3-5,10,19H,6-9H2,1-2H3. The first-order chi connectivity index (χ1) is 9.79. The Morgan fingerprint density at radius 1 is 1.29 bits per heavy atom. The molecule has 1 N–H and O–H groups in total. The van der Waals surface area contributed by atoms with E-state index in [0.717, 1.165) is 12.1 Å². The van der Waals surface area contributed by atoms with Gasteiger partial charge in [0.05, 0.1) is 5.02 Å². The molecule has 0 fully saturated rings. The van der Waals surface area contributed by atoms with Gasteiger partial charge in [0.1, 0.15) is 12.4 Å². The van der Waals surface area contributed by atoms with Crippen LogP contribution in [0.2, 0.25) is 5.02 Å². The average molecular weight is 326 g/mol. The third-order valence-electron chi connectivity index (χ3n) is 2.47. The second-order valence-corrected chi connectivity index (χ2v) is 5.39. The monoisotopic (exact) mass is 325 g/mol. The highest BCUT2D eigenvalue weighted by Crippen LogP contribution is 2.28. The van der Waals surface area contributed by atoms with E-state index in [1.807, 2.05) is 0 Å². The second kappa shape index (κ2) is 8.46. The van der Waals surface area contributed by atoms with Crippen molar-refractivity contribution in [2.75, 3.05) is 19.9 Å². The molecule has 0 saturated heterocycles. The molecule has 7 heteroatoms. The van der Waals surface area contributed by atoms with E-state index in [9.17, 15) is 13.2 Å². The lowest BCUT2D eigenvalue weighted by atomic mass is 10.2. The first kappa shape index (κ1) is 18.1. The fourth-order valence-corrected chi connectivity index (χ4v) is 1.86. The van der Waals surface area contributed by atoms with Crippen LogP contribution in [0.15, 0.2) is 18.2 Å². The number of hydrogen-bond donors (Lipinski definition) is 1. The van der Waals surface area contributed by atoms with Gasteiger partial charge >= 0.3 is 6.18 Å². The normalized spacial score (nSPS) is 12.0. The van der Waals surface area contributed by atoms with Gasteiger partial charge in [0.15, 0.2) is 6.79 Å². The zero-order chi connectivity index (χ0) is 15.9. The van der Waals surface area contributed by atoms with E-state index in [4.69, 9.17) is 16.3 Å². The number of para-hydroxylation sites is 1. The molecule has 0 aliphatic heterocycles. The molecule has 0 aliphatic rings. The average Bonchev–Trinajstić information content (AvgIpc) is 2.35. The fourth-order valence-electron chi connectivity index (χ4n) is 1.61. The predicted molar refractivity (Wildman–Crippen MR) is 75.5 cm³/mol. The highest BCUT2D eigenvalue weighted by molar-refractivity contribution is 6.32. The van der Waals surface area contributed by atoms with Crippen LogP contribution in [0.4, 0.5) is 13.2 Å². The van der Waals surface area contributed by atoms with Crippen LogP contribution in [-0.2, 0) is 11.3 Å². The molecule has 3 nitrogen and oxygen atoms in total. The van der Waals surface area contributed by atoms with Gasteiger partial charge in [-0.25, -0.2) is 0 Å². The summed E-state index contributed by atoms with van der Waals surface area (Å²) in [5, 5.41) is 3.57. The lowest BCUT2D eigenvalue weighted by Gasteiger charge is -2.15. The number of ether oxygens (including phenoxy) is 2. The molecule has 120 valence electrons. The van der Waals surface area contributed by atoms with E-state index in [1.165, 1.54) is 0 Å². The maximum atomic E-state index is 12.0. The summed E-state index contributed by atoms with van der Waals surface area (Å²) in [4.78, 5) is 0. The molecule has 1 aromatic carbocycles. The van der Waals surface area contributed by atoms with E-state index in [2.05, 4.69) is 23.9 Å². The number of hydrogen-bond acceptors (Lipinski definition) is 3. The first-order valence-electron chi connectivity index (χ1n) is 6.55. The minimum atomic E-state index is -4.37. The quantitative estimate of drug-likeness (QED) is 0.579. The Hall–Kier alpha value is -0.980. The van der Waals surface area contributed by atoms with Crippen LogP contribution >= 0.6 is 11.6 Å². The molecule has 0 heterocycles. The highest BCUT2D eigenvalue weighted by Gasteiger charge is 2.27. The van der Waals surface area contributed by atoms with Gasteiger partial charge in [-0.1, -0.05) is 37.6 Å². The van der Waals surface area contributed by atoms with Crippen molar-refractivity contribution < 1.29 is 22.6 Å². The SMILES string of the molecule is CC(C)CNCc1cccc(Cl)c1OCOCC(F)(F)F. The van der Waals surface area contributed by atoms with Crippen molar-refractivity contribution in [2.24, 2.45) is 5.92 Å². The van der Waals surface area contributed by atoms with Gasteiger partial charge in [0.25, 0.3) is 0 Å². The summed E-state index contributed by atoms with van der Waals surface area (Å²) in [5.41, 5.74) is 0.777. The summed E-state index contributed by atoms with van der Waals surface area (Å²) in [6, 6.07) is 5.18. The molecule has 0 atom stereocenters. The molecule has 0 spiro atoms. The molecular weight excluding hydrogens is 307 g/mol. The second-order valence-electron chi connectivity index (χ2n) is 4.98. The molecule has 0 aromatic heterocycles. The van der Waals surface area contributed by atoms with Gasteiger partial charge in [-0.05, 0) is 18.5 Å². The van der Waals surface area contributed by atoms with Crippen molar-refractivity contribution in [3.05, 3.63) is 28.8 Å².